The average molecular weight is 769 g/mol. The van der Waals surface area contributed by atoms with Gasteiger partial charge in [0.1, 0.15) is 0 Å². The third-order valence-corrected chi connectivity index (χ3v) is 11.1. The van der Waals surface area contributed by atoms with Crippen LogP contribution in [0.1, 0.15) is 207 Å². The van der Waals surface area contributed by atoms with E-state index in [1.54, 1.807) is 0 Å². The zero-order valence-electron chi connectivity index (χ0n) is 36.4. The van der Waals surface area contributed by atoms with E-state index in [1.165, 1.54) is 103 Å². The molecule has 54 heavy (non-hydrogen) atoms. The number of nitrogens with zero attached hydrogens (tertiary/aromatic N) is 2. The van der Waals surface area contributed by atoms with Crippen molar-refractivity contribution < 1.29 is 29.3 Å². The predicted molar refractivity (Wildman–Crippen MR) is 228 cm³/mol. The van der Waals surface area contributed by atoms with E-state index in [-0.39, 0.29) is 37.0 Å². The van der Waals surface area contributed by atoms with Crippen LogP contribution in [0.4, 0.5) is 0 Å². The number of hydrogen-bond acceptors (Lipinski definition) is 8. The summed E-state index contributed by atoms with van der Waals surface area (Å²) in [6.45, 7) is 14.6. The third kappa shape index (κ3) is 33.0. The predicted octanol–water partition coefficient (Wildman–Crippen LogP) is 10.9. The highest BCUT2D eigenvalue weighted by molar-refractivity contribution is 5.72. The van der Waals surface area contributed by atoms with Crippen LogP contribution in [0.5, 0.6) is 0 Å². The van der Waals surface area contributed by atoms with Gasteiger partial charge >= 0.3 is 11.9 Å². The largest absolute Gasteiger partial charge is 0.465 e. The van der Waals surface area contributed by atoms with Crippen molar-refractivity contribution in [2.75, 3.05) is 65.7 Å². The Morgan fingerprint density at radius 3 is 1.00 bits per heavy atom. The molecular weight excluding hydrogens is 677 g/mol. The molecule has 0 aliphatic heterocycles. The van der Waals surface area contributed by atoms with Gasteiger partial charge in [-0.15, -0.1) is 0 Å². The summed E-state index contributed by atoms with van der Waals surface area (Å²) in [7, 11) is 0. The van der Waals surface area contributed by atoms with E-state index >= 15 is 0 Å². The lowest BCUT2D eigenvalue weighted by molar-refractivity contribution is -0.150. The Hall–Kier alpha value is -1.22. The molecule has 0 fully saturated rings. The zero-order chi connectivity index (χ0) is 39.7. The van der Waals surface area contributed by atoms with E-state index in [0.29, 0.717) is 26.3 Å². The van der Waals surface area contributed by atoms with E-state index < -0.39 is 0 Å². The van der Waals surface area contributed by atoms with E-state index in [4.69, 9.17) is 9.47 Å². The molecule has 0 bridgehead atoms. The van der Waals surface area contributed by atoms with Crippen molar-refractivity contribution in [3.05, 3.63) is 0 Å². The van der Waals surface area contributed by atoms with Crippen molar-refractivity contribution >= 4 is 11.9 Å². The molecule has 0 saturated heterocycles. The first-order chi connectivity index (χ1) is 26.5. The van der Waals surface area contributed by atoms with Crippen molar-refractivity contribution in [2.45, 2.75) is 207 Å². The van der Waals surface area contributed by atoms with Crippen LogP contribution in [0.2, 0.25) is 0 Å². The Kier molecular flexibility index (Phi) is 40.5. The van der Waals surface area contributed by atoms with Gasteiger partial charge in [-0.25, -0.2) is 0 Å². The summed E-state index contributed by atoms with van der Waals surface area (Å²) in [4.78, 5) is 30.6. The highest BCUT2D eigenvalue weighted by atomic mass is 16.5. The van der Waals surface area contributed by atoms with Gasteiger partial charge in [0.25, 0.3) is 0 Å². The Labute approximate surface area is 335 Å². The molecule has 8 heteroatoms. The molecule has 0 aromatic rings. The molecule has 2 N–H and O–H groups in total. The van der Waals surface area contributed by atoms with Gasteiger partial charge in [-0.05, 0) is 64.5 Å². The van der Waals surface area contributed by atoms with Gasteiger partial charge in [0.2, 0.25) is 0 Å². The summed E-state index contributed by atoms with van der Waals surface area (Å²) in [5.41, 5.74) is 0. The second kappa shape index (κ2) is 41.4. The summed E-state index contributed by atoms with van der Waals surface area (Å²) in [6, 6.07) is 0. The number of aliphatic hydroxyl groups is 2. The van der Waals surface area contributed by atoms with Crippen LogP contribution < -0.4 is 0 Å². The molecule has 0 aliphatic rings. The van der Waals surface area contributed by atoms with Crippen LogP contribution in [-0.4, -0.2) is 97.6 Å². The van der Waals surface area contributed by atoms with Gasteiger partial charge in [0.15, 0.2) is 0 Å². The Morgan fingerprint density at radius 2 is 0.685 bits per heavy atom. The second-order valence-electron chi connectivity index (χ2n) is 16.1. The maximum Gasteiger partial charge on any atom is 0.308 e. The van der Waals surface area contributed by atoms with Crippen molar-refractivity contribution in [3.63, 3.8) is 0 Å². The van der Waals surface area contributed by atoms with Crippen LogP contribution >= 0.6 is 0 Å². The molecule has 2 unspecified atom stereocenters. The van der Waals surface area contributed by atoms with Crippen molar-refractivity contribution in [1.82, 2.24) is 9.80 Å². The fourth-order valence-corrected chi connectivity index (χ4v) is 7.43. The average Bonchev–Trinajstić information content (AvgIpc) is 3.17. The third-order valence-electron chi connectivity index (χ3n) is 11.1. The number of aliphatic hydroxyl groups excluding tert-OH is 2. The van der Waals surface area contributed by atoms with E-state index in [9.17, 15) is 19.8 Å². The number of unbranched alkanes of at least 4 members (excludes halogenated alkanes) is 18. The maximum atomic E-state index is 13.0. The van der Waals surface area contributed by atoms with E-state index in [0.717, 1.165) is 103 Å². The summed E-state index contributed by atoms with van der Waals surface area (Å²) in [6.07, 6.45) is 31.7. The van der Waals surface area contributed by atoms with Crippen LogP contribution in [-0.2, 0) is 19.1 Å². The summed E-state index contributed by atoms with van der Waals surface area (Å²) in [5, 5.41) is 19.4. The Bertz CT molecular complexity index is 735. The lowest BCUT2D eigenvalue weighted by Crippen LogP contribution is -2.38. The monoisotopic (exact) mass is 769 g/mol. The summed E-state index contributed by atoms with van der Waals surface area (Å²) in [5.74, 6) is 0.0698. The first kappa shape index (κ1) is 52.8. The Morgan fingerprint density at radius 1 is 0.389 bits per heavy atom. The first-order valence-corrected chi connectivity index (χ1v) is 23.5. The van der Waals surface area contributed by atoms with Crippen molar-refractivity contribution in [2.24, 2.45) is 11.8 Å². The van der Waals surface area contributed by atoms with E-state index in [1.807, 2.05) is 0 Å². The molecule has 0 aliphatic carbocycles. The van der Waals surface area contributed by atoms with Crippen molar-refractivity contribution in [3.8, 4) is 0 Å². The molecule has 0 rings (SSSR count). The minimum atomic E-state index is -0.00271. The molecular formula is C46H92N2O6. The molecule has 8 nitrogen and oxygen atoms in total. The fourth-order valence-electron chi connectivity index (χ4n) is 7.43. The highest BCUT2D eigenvalue weighted by Crippen LogP contribution is 2.22. The molecule has 0 radical (unpaired) electrons. The Balaban J connectivity index is 4.58. The maximum absolute atomic E-state index is 13.0. The molecule has 0 saturated carbocycles. The van der Waals surface area contributed by atoms with Gasteiger partial charge < -0.3 is 19.7 Å². The van der Waals surface area contributed by atoms with E-state index in [2.05, 4.69) is 37.5 Å². The topological polar surface area (TPSA) is 99.5 Å². The number of carbonyl (C=O) groups is 2. The molecule has 2 atom stereocenters. The number of rotatable bonds is 43. The molecule has 0 amide bonds. The molecule has 322 valence electrons. The first-order valence-electron chi connectivity index (χ1n) is 23.5. The van der Waals surface area contributed by atoms with Gasteiger partial charge in [-0.1, -0.05) is 156 Å². The van der Waals surface area contributed by atoms with Gasteiger partial charge in [-0.3, -0.25) is 19.4 Å². The number of ether oxygens (including phenoxy) is 2. The minimum Gasteiger partial charge on any atom is -0.465 e. The smallest absolute Gasteiger partial charge is 0.308 e. The minimum absolute atomic E-state index is 0.00271. The quantitative estimate of drug-likeness (QED) is 0.0467. The molecule has 0 aromatic carbocycles. The standard InChI is InChI=1S/C46H92N2O6/c1-5-9-13-17-19-23-31-43(29-21-15-11-7-3)45(51)53-41-27-25-33-47(37-39-49)35-36-48(38-40-50)34-26-28-42-54-46(52)44(30-22-16-12-8-4)32-24-20-18-14-10-6-2/h43-44,49-50H,5-42H2,1-4H3. The molecule has 0 aromatic heterocycles. The SMILES string of the molecule is CCCCCCCCC(CCCCCC)C(=O)OCCCCN(CCO)CCN(CCO)CCCCOC(=O)C(CCCCCC)CCCCCCCC. The number of carbonyl (C=O) groups excluding carboxylic acids is 2. The van der Waals surface area contributed by atoms with Crippen LogP contribution in [0.15, 0.2) is 0 Å². The highest BCUT2D eigenvalue weighted by Gasteiger charge is 2.21. The number of hydrogen-bond donors (Lipinski definition) is 2. The zero-order valence-corrected chi connectivity index (χ0v) is 36.4. The summed E-state index contributed by atoms with van der Waals surface area (Å²) >= 11 is 0. The van der Waals surface area contributed by atoms with Crippen LogP contribution in [0.3, 0.4) is 0 Å². The normalized spacial score (nSPS) is 12.8. The second-order valence-corrected chi connectivity index (χ2v) is 16.1. The fraction of sp³-hybridized carbons (Fsp3) is 0.957. The molecule has 0 spiro atoms. The van der Waals surface area contributed by atoms with Crippen molar-refractivity contribution in [1.29, 1.82) is 0 Å². The van der Waals surface area contributed by atoms with Gasteiger partial charge in [0.05, 0.1) is 38.3 Å². The number of esters is 2. The van der Waals surface area contributed by atoms with Gasteiger partial charge in [-0.2, -0.15) is 0 Å². The summed E-state index contributed by atoms with van der Waals surface area (Å²) < 4.78 is 11.6. The van der Waals surface area contributed by atoms with Gasteiger partial charge in [0, 0.05) is 26.2 Å². The lowest BCUT2D eigenvalue weighted by Gasteiger charge is -2.27. The lowest BCUT2D eigenvalue weighted by atomic mass is 9.94. The van der Waals surface area contributed by atoms with Crippen LogP contribution in [0.25, 0.3) is 0 Å². The molecule has 0 heterocycles. The van der Waals surface area contributed by atoms with Crippen LogP contribution in [0, 0.1) is 11.8 Å².